The van der Waals surface area contributed by atoms with E-state index in [0.29, 0.717) is 5.41 Å². The van der Waals surface area contributed by atoms with Crippen LogP contribution in [0, 0.1) is 23.7 Å². The van der Waals surface area contributed by atoms with E-state index < -0.39 is 0 Å². The summed E-state index contributed by atoms with van der Waals surface area (Å²) in [6, 6.07) is 0. The second kappa shape index (κ2) is 3.81. The molecule has 0 spiro atoms. The zero-order valence-electron chi connectivity index (χ0n) is 9.06. The molecule has 0 heterocycles. The molecule has 0 N–H and O–H groups in total. The van der Waals surface area contributed by atoms with Gasteiger partial charge in [-0.2, -0.15) is 0 Å². The molecule has 2 atom stereocenters. The van der Waals surface area contributed by atoms with Gasteiger partial charge in [-0.15, -0.1) is 0 Å². The Kier molecular flexibility index (Phi) is 3.20. The summed E-state index contributed by atoms with van der Waals surface area (Å²) in [4.78, 5) is 0. The van der Waals surface area contributed by atoms with Crippen LogP contribution in [-0.2, 0) is 0 Å². The highest BCUT2D eigenvalue weighted by Gasteiger charge is 2.39. The van der Waals surface area contributed by atoms with E-state index in [1.165, 1.54) is 25.7 Å². The summed E-state index contributed by atoms with van der Waals surface area (Å²) in [5, 5.41) is 0. The maximum Gasteiger partial charge on any atom is -0.0300 e. The van der Waals surface area contributed by atoms with Crippen LogP contribution in [0.4, 0.5) is 0 Å². The van der Waals surface area contributed by atoms with Crippen molar-refractivity contribution >= 4 is 0 Å². The molecule has 1 aliphatic carbocycles. The highest BCUT2D eigenvalue weighted by Crippen LogP contribution is 2.48. The van der Waals surface area contributed by atoms with E-state index in [-0.39, 0.29) is 0 Å². The van der Waals surface area contributed by atoms with E-state index in [9.17, 15) is 0 Å². The third kappa shape index (κ3) is 1.84. The molecule has 71 valence electrons. The number of hydrogen-bond donors (Lipinski definition) is 0. The van der Waals surface area contributed by atoms with Gasteiger partial charge in [0.25, 0.3) is 0 Å². The van der Waals surface area contributed by atoms with Gasteiger partial charge in [-0.05, 0) is 42.9 Å². The molecule has 0 nitrogen and oxygen atoms in total. The van der Waals surface area contributed by atoms with Gasteiger partial charge in [0.2, 0.25) is 0 Å². The summed E-state index contributed by atoms with van der Waals surface area (Å²) in [5.74, 6) is 1.91. The van der Waals surface area contributed by atoms with Gasteiger partial charge in [-0.1, -0.05) is 34.1 Å². The highest BCUT2D eigenvalue weighted by atomic mass is 14.4. The van der Waals surface area contributed by atoms with E-state index in [2.05, 4.69) is 34.1 Å². The lowest BCUT2D eigenvalue weighted by Crippen LogP contribution is -2.23. The molecular weight excluding hydrogens is 144 g/mol. The Morgan fingerprint density at radius 3 is 2.42 bits per heavy atom. The van der Waals surface area contributed by atoms with Crippen LogP contribution < -0.4 is 0 Å². The predicted molar refractivity (Wildman–Crippen MR) is 54.9 cm³/mol. The Morgan fingerprint density at radius 2 is 2.00 bits per heavy atom. The van der Waals surface area contributed by atoms with Crippen molar-refractivity contribution in [3.05, 3.63) is 6.42 Å². The van der Waals surface area contributed by atoms with Gasteiger partial charge in [-0.3, -0.25) is 0 Å². The number of unbranched alkanes of at least 4 members (excludes halogenated alkanes) is 1. The van der Waals surface area contributed by atoms with E-state index >= 15 is 0 Å². The Morgan fingerprint density at radius 1 is 1.33 bits per heavy atom. The molecule has 1 rings (SSSR count). The maximum absolute atomic E-state index is 2.45. The molecule has 1 aliphatic rings. The standard InChI is InChI=1S/C12H23/c1-5-6-7-11-9-8-10(2)12(11,3)4/h5,10-11H,6-9H2,1-4H3. The summed E-state index contributed by atoms with van der Waals surface area (Å²) in [6.07, 6.45) is 7.93. The van der Waals surface area contributed by atoms with Crippen LogP contribution >= 0.6 is 0 Å². The average Bonchev–Trinajstić information content (AvgIpc) is 2.25. The predicted octanol–water partition coefficient (Wildman–Crippen LogP) is 4.06. The Bertz CT molecular complexity index is 135. The molecule has 0 aromatic heterocycles. The zero-order valence-corrected chi connectivity index (χ0v) is 9.06. The van der Waals surface area contributed by atoms with Crippen LogP contribution in [-0.4, -0.2) is 0 Å². The van der Waals surface area contributed by atoms with Crippen molar-refractivity contribution in [1.82, 2.24) is 0 Å². The van der Waals surface area contributed by atoms with Gasteiger partial charge >= 0.3 is 0 Å². The highest BCUT2D eigenvalue weighted by molar-refractivity contribution is 4.90. The summed E-state index contributed by atoms with van der Waals surface area (Å²) in [6.45, 7) is 9.48. The van der Waals surface area contributed by atoms with Crippen molar-refractivity contribution in [3.63, 3.8) is 0 Å². The maximum atomic E-state index is 2.45. The van der Waals surface area contributed by atoms with Crippen LogP contribution in [0.25, 0.3) is 0 Å². The molecule has 0 aromatic rings. The zero-order chi connectivity index (χ0) is 9.19. The monoisotopic (exact) mass is 167 g/mol. The SMILES string of the molecule is C[CH]CCC1CCC(C)C1(C)C. The molecular formula is C12H23. The summed E-state index contributed by atoms with van der Waals surface area (Å²) >= 11 is 0. The normalized spacial score (nSPS) is 34.0. The van der Waals surface area contributed by atoms with Crippen LogP contribution in [0.1, 0.15) is 53.4 Å². The smallest absolute Gasteiger partial charge is 0.0300 e. The van der Waals surface area contributed by atoms with Gasteiger partial charge in [-0.25, -0.2) is 0 Å². The van der Waals surface area contributed by atoms with Crippen molar-refractivity contribution in [2.75, 3.05) is 0 Å². The van der Waals surface area contributed by atoms with Crippen LogP contribution in [0.15, 0.2) is 0 Å². The molecule has 0 aromatic carbocycles. The molecule has 1 saturated carbocycles. The molecule has 0 heteroatoms. The second-order valence-corrected chi connectivity index (χ2v) is 4.98. The summed E-state index contributed by atoms with van der Waals surface area (Å²) in [5.41, 5.74) is 0.600. The largest absolute Gasteiger partial charge is 0.0623 e. The fourth-order valence-electron chi connectivity index (χ4n) is 2.48. The topological polar surface area (TPSA) is 0 Å². The van der Waals surface area contributed by atoms with Crippen molar-refractivity contribution in [3.8, 4) is 0 Å². The van der Waals surface area contributed by atoms with Gasteiger partial charge < -0.3 is 0 Å². The van der Waals surface area contributed by atoms with E-state index in [4.69, 9.17) is 0 Å². The Balaban J connectivity index is 2.44. The minimum atomic E-state index is 0.600. The molecule has 0 saturated heterocycles. The summed E-state index contributed by atoms with van der Waals surface area (Å²) < 4.78 is 0. The van der Waals surface area contributed by atoms with Crippen molar-refractivity contribution in [2.45, 2.75) is 53.4 Å². The van der Waals surface area contributed by atoms with Crippen molar-refractivity contribution in [1.29, 1.82) is 0 Å². The fourth-order valence-corrected chi connectivity index (χ4v) is 2.48. The molecule has 2 unspecified atom stereocenters. The van der Waals surface area contributed by atoms with Gasteiger partial charge in [0.15, 0.2) is 0 Å². The second-order valence-electron chi connectivity index (χ2n) is 4.98. The molecule has 0 bridgehead atoms. The first kappa shape index (κ1) is 10.1. The van der Waals surface area contributed by atoms with Gasteiger partial charge in [0.1, 0.15) is 0 Å². The number of hydrogen-bond acceptors (Lipinski definition) is 0. The van der Waals surface area contributed by atoms with Gasteiger partial charge in [0, 0.05) is 0 Å². The van der Waals surface area contributed by atoms with Crippen LogP contribution in [0.5, 0.6) is 0 Å². The minimum Gasteiger partial charge on any atom is -0.0623 e. The van der Waals surface area contributed by atoms with Crippen LogP contribution in [0.2, 0.25) is 0 Å². The third-order valence-corrected chi connectivity index (χ3v) is 4.07. The average molecular weight is 167 g/mol. The minimum absolute atomic E-state index is 0.600. The molecule has 1 radical (unpaired) electrons. The van der Waals surface area contributed by atoms with Crippen molar-refractivity contribution in [2.24, 2.45) is 17.3 Å². The third-order valence-electron chi connectivity index (χ3n) is 4.07. The molecule has 1 fully saturated rings. The Hall–Kier alpha value is 0. The quantitative estimate of drug-likeness (QED) is 0.594. The first-order valence-electron chi connectivity index (χ1n) is 5.37. The van der Waals surface area contributed by atoms with E-state index in [1.54, 1.807) is 0 Å². The molecule has 0 aliphatic heterocycles. The molecule has 12 heavy (non-hydrogen) atoms. The first-order chi connectivity index (χ1) is 5.59. The van der Waals surface area contributed by atoms with E-state index in [0.717, 1.165) is 11.8 Å². The first-order valence-corrected chi connectivity index (χ1v) is 5.37. The van der Waals surface area contributed by atoms with Crippen LogP contribution in [0.3, 0.4) is 0 Å². The van der Waals surface area contributed by atoms with Crippen molar-refractivity contribution < 1.29 is 0 Å². The lowest BCUT2D eigenvalue weighted by atomic mass is 9.74. The lowest BCUT2D eigenvalue weighted by Gasteiger charge is -2.31. The van der Waals surface area contributed by atoms with Gasteiger partial charge in [0.05, 0.1) is 0 Å². The molecule has 0 amide bonds. The fraction of sp³-hybridized carbons (Fsp3) is 0.917. The lowest BCUT2D eigenvalue weighted by molar-refractivity contribution is 0.188. The number of rotatable bonds is 3. The summed E-state index contributed by atoms with van der Waals surface area (Å²) in [7, 11) is 0. The Labute approximate surface area is 77.7 Å². The van der Waals surface area contributed by atoms with E-state index in [1.807, 2.05) is 0 Å².